The molecular formula is C30H52N2O6Si3. The maximum absolute atomic E-state index is 6.94. The smallest absolute Gasteiger partial charge is 0.229 e. The third kappa shape index (κ3) is 9.65. The lowest BCUT2D eigenvalue weighted by molar-refractivity contribution is -0.154. The topological polar surface area (TPSA) is 88.4 Å². The number of benzene rings is 1. The van der Waals surface area contributed by atoms with Crippen molar-refractivity contribution in [2.75, 3.05) is 6.61 Å². The number of rotatable bonds is 13. The monoisotopic (exact) mass is 620 g/mol. The van der Waals surface area contributed by atoms with Crippen LogP contribution in [0.2, 0.25) is 58.9 Å². The van der Waals surface area contributed by atoms with Gasteiger partial charge in [0.2, 0.25) is 11.7 Å². The van der Waals surface area contributed by atoms with E-state index >= 15 is 0 Å². The minimum absolute atomic E-state index is 0.0838. The average molecular weight is 621 g/mol. The number of ether oxygens (including phenoxy) is 2. The van der Waals surface area contributed by atoms with Crippen molar-refractivity contribution < 1.29 is 27.3 Å². The van der Waals surface area contributed by atoms with Gasteiger partial charge in [-0.3, -0.25) is 0 Å². The number of aromatic nitrogens is 2. The lowest BCUT2D eigenvalue weighted by atomic mass is 9.86. The van der Waals surface area contributed by atoms with E-state index in [-0.39, 0.29) is 42.5 Å². The molecule has 11 heteroatoms. The maximum Gasteiger partial charge on any atom is 0.229 e. The molecule has 1 aromatic heterocycles. The third-order valence-corrected chi connectivity index (χ3v) is 10.5. The SMILES string of the molecule is C[C@H]([C@@H]1O[C@H]1C[C@H]1CO[C@@H](Cc2nc(-c3ccccc3)no2)[C@H](O[Si](C)(C)C)[C@@H]1O[Si](C)(C)C)[C@H](C)O[Si](C)(C)C. The van der Waals surface area contributed by atoms with E-state index < -0.39 is 25.0 Å². The van der Waals surface area contributed by atoms with Crippen LogP contribution in [0.1, 0.15) is 26.2 Å². The highest BCUT2D eigenvalue weighted by Crippen LogP contribution is 2.41. The molecule has 0 bridgehead atoms. The molecule has 2 aromatic rings. The van der Waals surface area contributed by atoms with Gasteiger partial charge in [0.05, 0.1) is 43.5 Å². The first kappa shape index (κ1) is 32.7. The summed E-state index contributed by atoms with van der Waals surface area (Å²) in [6.07, 6.45) is 1.41. The van der Waals surface area contributed by atoms with E-state index in [9.17, 15) is 0 Å². The second-order valence-corrected chi connectivity index (χ2v) is 28.2. The third-order valence-electron chi connectivity index (χ3n) is 7.49. The van der Waals surface area contributed by atoms with Gasteiger partial charge in [0, 0.05) is 23.5 Å². The minimum Gasteiger partial charge on any atom is -0.415 e. The van der Waals surface area contributed by atoms with Crippen molar-refractivity contribution in [1.29, 1.82) is 0 Å². The van der Waals surface area contributed by atoms with E-state index in [1.54, 1.807) is 0 Å². The zero-order valence-corrected chi connectivity index (χ0v) is 30.0. The Morgan fingerprint density at radius 2 is 1.49 bits per heavy atom. The summed E-state index contributed by atoms with van der Waals surface area (Å²) in [5, 5.41) is 4.23. The lowest BCUT2D eigenvalue weighted by Crippen LogP contribution is -2.58. The number of hydrogen-bond acceptors (Lipinski definition) is 8. The lowest BCUT2D eigenvalue weighted by Gasteiger charge is -2.46. The summed E-state index contributed by atoms with van der Waals surface area (Å²) in [5.41, 5.74) is 0.930. The predicted octanol–water partition coefficient (Wildman–Crippen LogP) is 6.77. The maximum atomic E-state index is 6.94. The quantitative estimate of drug-likeness (QED) is 0.179. The molecule has 0 spiro atoms. The van der Waals surface area contributed by atoms with Crippen molar-refractivity contribution in [2.24, 2.45) is 11.8 Å². The molecule has 1 aromatic carbocycles. The summed E-state index contributed by atoms with van der Waals surface area (Å²) < 4.78 is 38.7. The highest BCUT2D eigenvalue weighted by atomic mass is 28.4. The molecule has 0 saturated carbocycles. The van der Waals surface area contributed by atoms with Crippen molar-refractivity contribution >= 4 is 25.0 Å². The molecule has 0 N–H and O–H groups in total. The number of epoxide rings is 1. The van der Waals surface area contributed by atoms with Crippen molar-refractivity contribution in [3.8, 4) is 11.4 Å². The van der Waals surface area contributed by atoms with Gasteiger partial charge in [-0.15, -0.1) is 0 Å². The first-order chi connectivity index (χ1) is 19.0. The zero-order valence-electron chi connectivity index (χ0n) is 27.0. The standard InChI is InChI=1S/C30H52N2O6Si3/c1-20(21(2)36-39(3,4)5)27-25(34-27)17-23-19-33-24(29(38-41(9,10)11)28(23)37-40(6,7)8)18-26-31-30(32-35-26)22-15-13-12-14-16-22/h12-16,20-21,23-25,27-29H,17-19H2,1-11H3/t20-,21-,23-,24-,25-,27-,28+,29-/m0/s1. The Balaban J connectivity index is 1.50. The summed E-state index contributed by atoms with van der Waals surface area (Å²) in [6, 6.07) is 9.89. The van der Waals surface area contributed by atoms with Crippen molar-refractivity contribution in [1.82, 2.24) is 10.1 Å². The molecule has 41 heavy (non-hydrogen) atoms. The molecule has 0 radical (unpaired) electrons. The van der Waals surface area contributed by atoms with Crippen LogP contribution in [0.4, 0.5) is 0 Å². The molecule has 4 rings (SSSR count). The average Bonchev–Trinajstić information content (AvgIpc) is 3.45. The molecule has 8 nitrogen and oxygen atoms in total. The van der Waals surface area contributed by atoms with Crippen LogP contribution >= 0.6 is 0 Å². The Labute approximate surface area is 250 Å². The van der Waals surface area contributed by atoms with Crippen LogP contribution in [-0.2, 0) is 29.2 Å². The molecule has 0 amide bonds. The molecule has 2 fully saturated rings. The summed E-state index contributed by atoms with van der Waals surface area (Å²) in [4.78, 5) is 4.69. The highest BCUT2D eigenvalue weighted by molar-refractivity contribution is 6.70. The van der Waals surface area contributed by atoms with Crippen molar-refractivity contribution in [3.05, 3.63) is 36.2 Å². The summed E-state index contributed by atoms with van der Waals surface area (Å²) in [7, 11) is -5.47. The molecular weight excluding hydrogens is 569 g/mol. The molecule has 0 aliphatic carbocycles. The van der Waals surface area contributed by atoms with Gasteiger partial charge >= 0.3 is 0 Å². The van der Waals surface area contributed by atoms with E-state index in [1.165, 1.54) is 0 Å². The van der Waals surface area contributed by atoms with Crippen LogP contribution in [0.5, 0.6) is 0 Å². The van der Waals surface area contributed by atoms with Crippen molar-refractivity contribution in [3.63, 3.8) is 0 Å². The fourth-order valence-corrected chi connectivity index (χ4v) is 9.25. The first-order valence-electron chi connectivity index (χ1n) is 15.2. The summed E-state index contributed by atoms with van der Waals surface area (Å²) in [5.74, 6) is 1.66. The largest absolute Gasteiger partial charge is 0.415 e. The van der Waals surface area contributed by atoms with Gasteiger partial charge in [0.25, 0.3) is 0 Å². The Hall–Kier alpha value is -1.19. The summed E-state index contributed by atoms with van der Waals surface area (Å²) in [6.45, 7) is 25.2. The van der Waals surface area contributed by atoms with Gasteiger partial charge in [-0.25, -0.2) is 0 Å². The van der Waals surface area contributed by atoms with E-state index in [2.05, 4.69) is 77.9 Å². The zero-order chi connectivity index (χ0) is 30.2. The second kappa shape index (κ2) is 12.8. The van der Waals surface area contributed by atoms with Crippen molar-refractivity contribution in [2.45, 2.75) is 122 Å². The molecule has 2 aliphatic heterocycles. The van der Waals surface area contributed by atoms with E-state index in [0.29, 0.717) is 30.7 Å². The van der Waals surface area contributed by atoms with E-state index in [4.69, 9.17) is 32.3 Å². The Morgan fingerprint density at radius 3 is 2.10 bits per heavy atom. The molecule has 0 unspecified atom stereocenters. The van der Waals surface area contributed by atoms with E-state index in [1.807, 2.05) is 30.3 Å². The Bertz CT molecular complexity index is 1110. The normalized spacial score (nSPS) is 28.9. The number of hydrogen-bond donors (Lipinski definition) is 0. The predicted molar refractivity (Wildman–Crippen MR) is 169 cm³/mol. The number of nitrogens with zero attached hydrogens (tertiary/aromatic N) is 2. The molecule has 8 atom stereocenters. The fourth-order valence-electron chi connectivity index (χ4n) is 5.67. The van der Waals surface area contributed by atoms with Gasteiger partial charge in [-0.05, 0) is 72.3 Å². The van der Waals surface area contributed by atoms with Crippen LogP contribution in [0.15, 0.2) is 34.9 Å². The summed E-state index contributed by atoms with van der Waals surface area (Å²) >= 11 is 0. The van der Waals surface area contributed by atoms with Gasteiger partial charge in [0.15, 0.2) is 25.0 Å². The van der Waals surface area contributed by atoms with Gasteiger partial charge < -0.3 is 27.3 Å². The molecule has 230 valence electrons. The second-order valence-electron chi connectivity index (χ2n) is 14.8. The van der Waals surface area contributed by atoms with Crippen LogP contribution in [0, 0.1) is 11.8 Å². The molecule has 2 aliphatic rings. The highest BCUT2D eigenvalue weighted by Gasteiger charge is 2.51. The van der Waals surface area contributed by atoms with Gasteiger partial charge in [0.1, 0.15) is 0 Å². The molecule has 2 saturated heterocycles. The molecule has 3 heterocycles. The van der Waals surface area contributed by atoms with E-state index in [0.717, 1.165) is 12.0 Å². The van der Waals surface area contributed by atoms with Gasteiger partial charge in [-0.1, -0.05) is 42.4 Å². The van der Waals surface area contributed by atoms with Crippen LogP contribution in [0.25, 0.3) is 11.4 Å². The fraction of sp³-hybridized carbons (Fsp3) is 0.733. The van der Waals surface area contributed by atoms with Gasteiger partial charge in [-0.2, -0.15) is 4.98 Å². The van der Waals surface area contributed by atoms with Crippen LogP contribution in [-0.4, -0.2) is 78.3 Å². The Kier molecular flexibility index (Phi) is 10.2. The van der Waals surface area contributed by atoms with Crippen LogP contribution < -0.4 is 0 Å². The first-order valence-corrected chi connectivity index (χ1v) is 25.4. The Morgan fingerprint density at radius 1 is 0.854 bits per heavy atom. The minimum atomic E-state index is -1.95. The van der Waals surface area contributed by atoms with Crippen LogP contribution in [0.3, 0.4) is 0 Å².